The molecule has 0 radical (unpaired) electrons. The van der Waals surface area contributed by atoms with Gasteiger partial charge in [0, 0.05) is 13.7 Å². The number of hydrogen-bond donors (Lipinski definition) is 2. The third-order valence-corrected chi connectivity index (χ3v) is 5.07. The Balaban J connectivity index is 2.09. The van der Waals surface area contributed by atoms with Crippen molar-refractivity contribution in [3.05, 3.63) is 29.8 Å². The van der Waals surface area contributed by atoms with Crippen LogP contribution in [-0.2, 0) is 21.4 Å². The molecule has 0 aliphatic heterocycles. The molecule has 19 heavy (non-hydrogen) atoms. The smallest absolute Gasteiger partial charge is 0.240 e. The van der Waals surface area contributed by atoms with Crippen molar-refractivity contribution in [3.63, 3.8) is 0 Å². The Kier molecular flexibility index (Phi) is 4.25. The minimum atomic E-state index is -3.55. The van der Waals surface area contributed by atoms with E-state index < -0.39 is 10.0 Å². The first-order valence-corrected chi connectivity index (χ1v) is 7.74. The zero-order valence-corrected chi connectivity index (χ0v) is 11.7. The van der Waals surface area contributed by atoms with E-state index in [0.717, 1.165) is 19.3 Å². The highest BCUT2D eigenvalue weighted by atomic mass is 32.2. The van der Waals surface area contributed by atoms with E-state index in [9.17, 15) is 8.42 Å². The van der Waals surface area contributed by atoms with E-state index in [1.165, 1.54) is 12.1 Å². The van der Waals surface area contributed by atoms with Gasteiger partial charge in [-0.15, -0.1) is 0 Å². The van der Waals surface area contributed by atoms with Crippen LogP contribution in [0.15, 0.2) is 29.2 Å². The lowest BCUT2D eigenvalue weighted by molar-refractivity contribution is -0.0659. The largest absolute Gasteiger partial charge is 0.392 e. The van der Waals surface area contributed by atoms with Gasteiger partial charge in [0.15, 0.2) is 0 Å². The molecule has 1 aliphatic carbocycles. The van der Waals surface area contributed by atoms with Gasteiger partial charge in [0.2, 0.25) is 10.0 Å². The van der Waals surface area contributed by atoms with Gasteiger partial charge in [0.25, 0.3) is 0 Å². The lowest BCUT2D eigenvalue weighted by atomic mass is 9.80. The van der Waals surface area contributed by atoms with Crippen LogP contribution >= 0.6 is 0 Å². The number of ether oxygens (including phenoxy) is 1. The molecule has 1 aliphatic rings. The average Bonchev–Trinajstić information content (AvgIpc) is 2.38. The molecule has 0 spiro atoms. The molecular formula is C13H19NO4S. The van der Waals surface area contributed by atoms with E-state index >= 15 is 0 Å². The first-order valence-electron chi connectivity index (χ1n) is 6.26. The van der Waals surface area contributed by atoms with Crippen molar-refractivity contribution < 1.29 is 18.3 Å². The minimum absolute atomic E-state index is 0.171. The van der Waals surface area contributed by atoms with E-state index in [-0.39, 0.29) is 23.6 Å². The summed E-state index contributed by atoms with van der Waals surface area (Å²) in [7, 11) is -1.94. The monoisotopic (exact) mass is 285 g/mol. The predicted molar refractivity (Wildman–Crippen MR) is 71.1 cm³/mol. The Morgan fingerprint density at radius 1 is 1.42 bits per heavy atom. The topological polar surface area (TPSA) is 75.6 Å². The average molecular weight is 285 g/mol. The molecule has 1 aromatic rings. The SMILES string of the molecule is COC1(CNS(=O)(=O)c2cccc(CO)c2)CCC1. The number of sulfonamides is 1. The molecule has 6 heteroatoms. The standard InChI is InChI=1S/C13H19NO4S/c1-18-13(6-3-7-13)10-14-19(16,17)12-5-2-4-11(8-12)9-15/h2,4-5,8,14-15H,3,6-7,9-10H2,1H3. The van der Waals surface area contributed by atoms with E-state index in [1.54, 1.807) is 19.2 Å². The van der Waals surface area contributed by atoms with E-state index in [4.69, 9.17) is 9.84 Å². The zero-order chi connectivity index (χ0) is 13.9. The summed E-state index contributed by atoms with van der Waals surface area (Å²) in [5.41, 5.74) is 0.231. The van der Waals surface area contributed by atoms with Crippen LogP contribution in [0.3, 0.4) is 0 Å². The summed E-state index contributed by atoms with van der Waals surface area (Å²) in [6, 6.07) is 6.29. The Morgan fingerprint density at radius 2 is 2.16 bits per heavy atom. The van der Waals surface area contributed by atoms with Crippen LogP contribution in [0.4, 0.5) is 0 Å². The van der Waals surface area contributed by atoms with Crippen molar-refractivity contribution in [2.75, 3.05) is 13.7 Å². The fourth-order valence-electron chi connectivity index (χ4n) is 2.15. The summed E-state index contributed by atoms with van der Waals surface area (Å²) in [5.74, 6) is 0. The first-order chi connectivity index (χ1) is 9.01. The van der Waals surface area contributed by atoms with Gasteiger partial charge in [-0.25, -0.2) is 13.1 Å². The molecule has 0 atom stereocenters. The number of benzene rings is 1. The van der Waals surface area contributed by atoms with Crippen LogP contribution in [0.1, 0.15) is 24.8 Å². The molecule has 0 bridgehead atoms. The van der Waals surface area contributed by atoms with E-state index in [0.29, 0.717) is 5.56 Å². The Bertz CT molecular complexity index is 532. The van der Waals surface area contributed by atoms with Crippen LogP contribution in [0.2, 0.25) is 0 Å². The van der Waals surface area contributed by atoms with Crippen LogP contribution in [0, 0.1) is 0 Å². The number of rotatable bonds is 6. The Morgan fingerprint density at radius 3 is 2.68 bits per heavy atom. The zero-order valence-electron chi connectivity index (χ0n) is 10.9. The number of aliphatic hydroxyl groups excluding tert-OH is 1. The van der Waals surface area contributed by atoms with Gasteiger partial charge in [0.1, 0.15) is 0 Å². The molecule has 2 N–H and O–H groups in total. The molecule has 0 saturated heterocycles. The van der Waals surface area contributed by atoms with Gasteiger partial charge in [-0.2, -0.15) is 0 Å². The maximum absolute atomic E-state index is 12.2. The molecule has 0 unspecified atom stereocenters. The predicted octanol–water partition coefficient (Wildman–Crippen LogP) is 1.03. The van der Waals surface area contributed by atoms with Crippen LogP contribution in [0.25, 0.3) is 0 Å². The molecule has 0 heterocycles. The molecule has 2 rings (SSSR count). The summed E-state index contributed by atoms with van der Waals surface area (Å²) < 4.78 is 32.3. The second kappa shape index (κ2) is 5.58. The summed E-state index contributed by atoms with van der Waals surface area (Å²) >= 11 is 0. The lowest BCUT2D eigenvalue weighted by Gasteiger charge is -2.40. The van der Waals surface area contributed by atoms with Gasteiger partial charge in [-0.05, 0) is 37.0 Å². The maximum Gasteiger partial charge on any atom is 0.240 e. The summed E-state index contributed by atoms with van der Waals surface area (Å²) in [6.45, 7) is 0.112. The van der Waals surface area contributed by atoms with Crippen molar-refractivity contribution in [3.8, 4) is 0 Å². The molecule has 106 valence electrons. The lowest BCUT2D eigenvalue weighted by Crippen LogP contribution is -2.49. The maximum atomic E-state index is 12.2. The van der Waals surface area contributed by atoms with Crippen LogP contribution in [0.5, 0.6) is 0 Å². The fourth-order valence-corrected chi connectivity index (χ4v) is 3.33. The molecule has 5 nitrogen and oxygen atoms in total. The minimum Gasteiger partial charge on any atom is -0.392 e. The quantitative estimate of drug-likeness (QED) is 0.818. The second-order valence-electron chi connectivity index (χ2n) is 4.87. The van der Waals surface area contributed by atoms with Crippen molar-refractivity contribution in [2.45, 2.75) is 36.4 Å². The number of hydrogen-bond acceptors (Lipinski definition) is 4. The molecule has 1 aromatic carbocycles. The molecule has 1 fully saturated rings. The van der Waals surface area contributed by atoms with Crippen molar-refractivity contribution in [2.24, 2.45) is 0 Å². The highest BCUT2D eigenvalue weighted by Crippen LogP contribution is 2.34. The molecule has 1 saturated carbocycles. The van der Waals surface area contributed by atoms with E-state index in [1.807, 2.05) is 0 Å². The third kappa shape index (κ3) is 3.14. The van der Waals surface area contributed by atoms with Gasteiger partial charge in [0.05, 0.1) is 17.1 Å². The molecular weight excluding hydrogens is 266 g/mol. The van der Waals surface area contributed by atoms with E-state index in [2.05, 4.69) is 4.72 Å². The fraction of sp³-hybridized carbons (Fsp3) is 0.538. The second-order valence-corrected chi connectivity index (χ2v) is 6.64. The Labute approximate surface area is 113 Å². The van der Waals surface area contributed by atoms with Gasteiger partial charge in [-0.3, -0.25) is 0 Å². The highest BCUT2D eigenvalue weighted by molar-refractivity contribution is 7.89. The van der Waals surface area contributed by atoms with Crippen LogP contribution < -0.4 is 4.72 Å². The highest BCUT2D eigenvalue weighted by Gasteiger charge is 2.38. The Hall–Kier alpha value is -0.950. The normalized spacial score (nSPS) is 18.0. The van der Waals surface area contributed by atoms with Crippen LogP contribution in [-0.4, -0.2) is 32.8 Å². The summed E-state index contributed by atoms with van der Waals surface area (Å²) in [6.07, 6.45) is 2.82. The van der Waals surface area contributed by atoms with Crippen molar-refractivity contribution in [1.29, 1.82) is 0 Å². The van der Waals surface area contributed by atoms with Crippen molar-refractivity contribution in [1.82, 2.24) is 4.72 Å². The molecule has 0 aromatic heterocycles. The van der Waals surface area contributed by atoms with Gasteiger partial charge in [-0.1, -0.05) is 12.1 Å². The first kappa shape index (κ1) is 14.5. The summed E-state index contributed by atoms with van der Waals surface area (Å²) in [4.78, 5) is 0.171. The number of aliphatic hydroxyl groups is 1. The third-order valence-electron chi connectivity index (χ3n) is 3.67. The van der Waals surface area contributed by atoms with Crippen molar-refractivity contribution >= 4 is 10.0 Å². The van der Waals surface area contributed by atoms with Gasteiger partial charge < -0.3 is 9.84 Å². The molecule has 0 amide bonds. The number of methoxy groups -OCH3 is 1. The van der Waals surface area contributed by atoms with Gasteiger partial charge >= 0.3 is 0 Å². The summed E-state index contributed by atoms with van der Waals surface area (Å²) in [5, 5.41) is 9.04. The number of nitrogens with one attached hydrogen (secondary N) is 1.